The molecule has 3 rings (SSSR count). The molecule has 0 aliphatic heterocycles. The fourth-order valence-corrected chi connectivity index (χ4v) is 1.61. The fourth-order valence-electron chi connectivity index (χ4n) is 1.61. The van der Waals surface area contributed by atoms with Gasteiger partial charge in [-0.2, -0.15) is 18.2 Å². The van der Waals surface area contributed by atoms with Crippen molar-refractivity contribution in [1.82, 2.24) is 0 Å². The second kappa shape index (κ2) is 3.77. The SMILES string of the molecule is [Na+].[c-]1cccc2c1oc1ccccc12. The molecule has 14 heavy (non-hydrogen) atoms. The molecule has 0 bridgehead atoms. The van der Waals surface area contributed by atoms with Crippen LogP contribution in [0.4, 0.5) is 0 Å². The van der Waals surface area contributed by atoms with Crippen LogP contribution in [-0.4, -0.2) is 0 Å². The number of rotatable bonds is 0. The molecule has 0 radical (unpaired) electrons. The van der Waals surface area contributed by atoms with Crippen LogP contribution in [0.3, 0.4) is 0 Å². The van der Waals surface area contributed by atoms with Gasteiger partial charge in [0.05, 0.1) is 0 Å². The molecule has 62 valence electrons. The minimum absolute atomic E-state index is 0. The second-order valence-electron chi connectivity index (χ2n) is 3.01. The van der Waals surface area contributed by atoms with Crippen LogP contribution in [0.25, 0.3) is 21.9 Å². The van der Waals surface area contributed by atoms with Crippen molar-refractivity contribution in [2.24, 2.45) is 0 Å². The third-order valence-electron chi connectivity index (χ3n) is 2.21. The van der Waals surface area contributed by atoms with Crippen LogP contribution in [-0.2, 0) is 0 Å². The van der Waals surface area contributed by atoms with Crippen molar-refractivity contribution in [3.8, 4) is 0 Å². The summed E-state index contributed by atoms with van der Waals surface area (Å²) in [6.45, 7) is 0. The molecule has 0 aliphatic carbocycles. The predicted molar refractivity (Wildman–Crippen MR) is 52.6 cm³/mol. The molecule has 1 heterocycles. The summed E-state index contributed by atoms with van der Waals surface area (Å²) in [7, 11) is 0. The summed E-state index contributed by atoms with van der Waals surface area (Å²) in [4.78, 5) is 0. The van der Waals surface area contributed by atoms with Crippen molar-refractivity contribution in [3.63, 3.8) is 0 Å². The molecular formula is C12H7NaO. The number of fused-ring (bicyclic) bond motifs is 3. The average molecular weight is 190 g/mol. The molecule has 0 amide bonds. The number of hydrogen-bond donors (Lipinski definition) is 0. The molecule has 0 atom stereocenters. The van der Waals surface area contributed by atoms with E-state index >= 15 is 0 Å². The van der Waals surface area contributed by atoms with Gasteiger partial charge in [-0.25, -0.2) is 0 Å². The summed E-state index contributed by atoms with van der Waals surface area (Å²) < 4.78 is 5.60. The molecule has 0 saturated heterocycles. The third kappa shape index (κ3) is 1.38. The molecule has 2 aromatic carbocycles. The van der Waals surface area contributed by atoms with Crippen LogP contribution in [0.2, 0.25) is 0 Å². The standard InChI is InChI=1S/C12H7O.Na/c1-3-7-11-9(5-1)10-6-2-4-8-12(10)13-11;/h1-7H;/q-1;+1. The summed E-state index contributed by atoms with van der Waals surface area (Å²) in [5.74, 6) is 0. The van der Waals surface area contributed by atoms with Gasteiger partial charge in [-0.15, -0.1) is 6.07 Å². The van der Waals surface area contributed by atoms with Gasteiger partial charge in [0.25, 0.3) is 0 Å². The van der Waals surface area contributed by atoms with E-state index in [9.17, 15) is 0 Å². The summed E-state index contributed by atoms with van der Waals surface area (Å²) >= 11 is 0. The van der Waals surface area contributed by atoms with E-state index in [4.69, 9.17) is 4.42 Å². The van der Waals surface area contributed by atoms with Gasteiger partial charge in [0.1, 0.15) is 5.58 Å². The Hall–Kier alpha value is -0.760. The fraction of sp³-hybridized carbons (Fsp3) is 0. The van der Waals surface area contributed by atoms with Crippen molar-refractivity contribution >= 4 is 21.9 Å². The largest absolute Gasteiger partial charge is 1.00 e. The van der Waals surface area contributed by atoms with E-state index in [2.05, 4.69) is 18.2 Å². The minimum Gasteiger partial charge on any atom is -0.483 e. The molecule has 0 unspecified atom stereocenters. The summed E-state index contributed by atoms with van der Waals surface area (Å²) in [6.07, 6.45) is 0. The Bertz CT molecular complexity index is 518. The van der Waals surface area contributed by atoms with E-state index in [0.717, 1.165) is 21.9 Å². The molecule has 2 heteroatoms. The normalized spacial score (nSPS) is 10.3. The third-order valence-corrected chi connectivity index (χ3v) is 2.21. The maximum Gasteiger partial charge on any atom is 1.00 e. The zero-order valence-electron chi connectivity index (χ0n) is 7.95. The Balaban J connectivity index is 0.000000750. The molecule has 0 aliphatic rings. The molecule has 0 saturated carbocycles. The van der Waals surface area contributed by atoms with Gasteiger partial charge in [-0.1, -0.05) is 23.6 Å². The van der Waals surface area contributed by atoms with Crippen molar-refractivity contribution in [3.05, 3.63) is 48.5 Å². The predicted octanol–water partition coefficient (Wildman–Crippen LogP) is 0.390. The van der Waals surface area contributed by atoms with Crippen molar-refractivity contribution in [2.45, 2.75) is 0 Å². The van der Waals surface area contributed by atoms with E-state index in [1.165, 1.54) is 0 Å². The van der Waals surface area contributed by atoms with Gasteiger partial charge in [-0.05, 0) is 11.5 Å². The van der Waals surface area contributed by atoms with Crippen LogP contribution in [0.15, 0.2) is 46.9 Å². The zero-order chi connectivity index (χ0) is 8.67. The molecular weight excluding hydrogens is 183 g/mol. The van der Waals surface area contributed by atoms with E-state index in [0.29, 0.717) is 0 Å². The molecule has 0 N–H and O–H groups in total. The van der Waals surface area contributed by atoms with Gasteiger partial charge in [0, 0.05) is 5.58 Å². The number of hydrogen-bond acceptors (Lipinski definition) is 1. The van der Waals surface area contributed by atoms with E-state index in [1.54, 1.807) is 0 Å². The summed E-state index contributed by atoms with van der Waals surface area (Å²) in [5, 5.41) is 2.30. The first-order valence-corrected chi connectivity index (χ1v) is 4.23. The van der Waals surface area contributed by atoms with E-state index < -0.39 is 0 Å². The minimum atomic E-state index is 0. The second-order valence-corrected chi connectivity index (χ2v) is 3.01. The number of furan rings is 1. The topological polar surface area (TPSA) is 13.1 Å². The average Bonchev–Trinajstić information content (AvgIpc) is 2.56. The Kier molecular flexibility index (Phi) is 2.64. The number of para-hydroxylation sites is 2. The van der Waals surface area contributed by atoms with Gasteiger partial charge in [0.15, 0.2) is 0 Å². The van der Waals surface area contributed by atoms with Gasteiger partial charge in [-0.3, -0.25) is 0 Å². The van der Waals surface area contributed by atoms with Crippen LogP contribution >= 0.6 is 0 Å². The van der Waals surface area contributed by atoms with Crippen LogP contribution in [0, 0.1) is 6.07 Å². The first-order valence-electron chi connectivity index (χ1n) is 4.23. The molecule has 1 aromatic heterocycles. The van der Waals surface area contributed by atoms with Crippen LogP contribution in [0.1, 0.15) is 0 Å². The monoisotopic (exact) mass is 190 g/mol. The Morgan fingerprint density at radius 3 is 2.64 bits per heavy atom. The van der Waals surface area contributed by atoms with E-state index in [-0.39, 0.29) is 29.6 Å². The van der Waals surface area contributed by atoms with Gasteiger partial charge < -0.3 is 4.42 Å². The quantitative estimate of drug-likeness (QED) is 0.369. The Morgan fingerprint density at radius 2 is 1.71 bits per heavy atom. The molecule has 3 aromatic rings. The van der Waals surface area contributed by atoms with Crippen molar-refractivity contribution in [1.29, 1.82) is 0 Å². The van der Waals surface area contributed by atoms with Crippen molar-refractivity contribution < 1.29 is 34.0 Å². The molecule has 1 nitrogen and oxygen atoms in total. The first-order chi connectivity index (χ1) is 6.45. The van der Waals surface area contributed by atoms with Crippen molar-refractivity contribution in [2.75, 3.05) is 0 Å². The smallest absolute Gasteiger partial charge is 0.483 e. The summed E-state index contributed by atoms with van der Waals surface area (Å²) in [5.41, 5.74) is 1.77. The van der Waals surface area contributed by atoms with Gasteiger partial charge >= 0.3 is 29.6 Å². The van der Waals surface area contributed by atoms with E-state index in [1.807, 2.05) is 30.3 Å². The molecule has 0 fully saturated rings. The Labute approximate surface area is 104 Å². The zero-order valence-corrected chi connectivity index (χ0v) is 9.95. The van der Waals surface area contributed by atoms with Gasteiger partial charge in [0.2, 0.25) is 0 Å². The first kappa shape index (κ1) is 9.78. The van der Waals surface area contributed by atoms with Crippen LogP contribution < -0.4 is 29.6 Å². The maximum absolute atomic E-state index is 5.60. The summed E-state index contributed by atoms with van der Waals surface area (Å²) in [6, 6.07) is 17.0. The van der Waals surface area contributed by atoms with Crippen LogP contribution in [0.5, 0.6) is 0 Å². The maximum atomic E-state index is 5.60. The Morgan fingerprint density at radius 1 is 0.929 bits per heavy atom. The number of benzene rings is 2. The molecule has 0 spiro atoms.